The van der Waals surface area contributed by atoms with Crippen molar-refractivity contribution in [1.29, 1.82) is 0 Å². The molecule has 1 aliphatic rings. The highest BCUT2D eigenvalue weighted by Gasteiger charge is 2.24. The van der Waals surface area contributed by atoms with E-state index in [1.165, 1.54) is 100 Å². The van der Waals surface area contributed by atoms with Gasteiger partial charge in [0, 0.05) is 23.9 Å². The Labute approximate surface area is 189 Å². The van der Waals surface area contributed by atoms with Gasteiger partial charge in [0.2, 0.25) is 0 Å². The Morgan fingerprint density at radius 3 is 1.90 bits per heavy atom. The maximum Gasteiger partial charge on any atom is 0.158 e. The fourth-order valence-corrected chi connectivity index (χ4v) is 5.24. The Kier molecular flexibility index (Phi) is 13.0. The summed E-state index contributed by atoms with van der Waals surface area (Å²) in [6.45, 7) is 5.24. The van der Waals surface area contributed by atoms with Gasteiger partial charge in [0.1, 0.15) is 0 Å². The maximum atomic E-state index is 11.9. The summed E-state index contributed by atoms with van der Waals surface area (Å²) in [4.78, 5) is 15.6. The Morgan fingerprint density at radius 1 is 0.800 bits per heavy atom. The average molecular weight is 430 g/mol. The number of unbranched alkanes of at least 4 members (excludes halogenated alkanes) is 13. The van der Waals surface area contributed by atoms with Crippen LogP contribution in [0.15, 0.2) is 40.3 Å². The molecular formula is C27H43NOS. The van der Waals surface area contributed by atoms with E-state index in [1.807, 2.05) is 13.0 Å². The molecule has 1 aromatic carbocycles. The SMILES string of the molecule is CCCCCCCCCCCCCCCCN1/C(=C/C(=O)CC)Sc2ccccc21. The number of para-hydroxylation sites is 1. The van der Waals surface area contributed by atoms with Crippen LogP contribution in [0.1, 0.15) is 110 Å². The first-order chi connectivity index (χ1) is 14.8. The van der Waals surface area contributed by atoms with Crippen LogP contribution in [-0.2, 0) is 4.79 Å². The number of fused-ring (bicyclic) bond motifs is 1. The van der Waals surface area contributed by atoms with Gasteiger partial charge in [-0.2, -0.15) is 0 Å². The van der Waals surface area contributed by atoms with Crippen molar-refractivity contribution in [3.05, 3.63) is 35.4 Å². The number of hydrogen-bond donors (Lipinski definition) is 0. The number of anilines is 1. The quantitative estimate of drug-likeness (QED) is 0.182. The van der Waals surface area contributed by atoms with Crippen molar-refractivity contribution in [1.82, 2.24) is 0 Å². The number of carbonyl (C=O) groups is 1. The highest BCUT2D eigenvalue weighted by atomic mass is 32.2. The first-order valence-corrected chi connectivity index (χ1v) is 13.4. The molecule has 0 bridgehead atoms. The molecule has 0 aliphatic carbocycles. The van der Waals surface area contributed by atoms with Crippen molar-refractivity contribution in [2.75, 3.05) is 11.4 Å². The first-order valence-electron chi connectivity index (χ1n) is 12.5. The zero-order valence-corrected chi connectivity index (χ0v) is 20.3. The van der Waals surface area contributed by atoms with Crippen LogP contribution in [0.4, 0.5) is 5.69 Å². The Hall–Kier alpha value is -1.22. The second-order valence-electron chi connectivity index (χ2n) is 8.62. The predicted molar refractivity (Wildman–Crippen MR) is 133 cm³/mol. The maximum absolute atomic E-state index is 11.9. The van der Waals surface area contributed by atoms with E-state index in [0.717, 1.165) is 11.6 Å². The molecule has 0 aromatic heterocycles. The van der Waals surface area contributed by atoms with Gasteiger partial charge in [-0.1, -0.05) is 121 Å². The minimum absolute atomic E-state index is 0.219. The third kappa shape index (κ3) is 9.29. The molecule has 0 N–H and O–H groups in total. The number of rotatable bonds is 17. The zero-order chi connectivity index (χ0) is 21.4. The van der Waals surface area contributed by atoms with E-state index in [1.54, 1.807) is 11.8 Å². The van der Waals surface area contributed by atoms with E-state index in [9.17, 15) is 4.79 Å². The van der Waals surface area contributed by atoms with E-state index >= 15 is 0 Å². The lowest BCUT2D eigenvalue weighted by Crippen LogP contribution is -2.19. The fraction of sp³-hybridized carbons (Fsp3) is 0.667. The number of thioether (sulfide) groups is 1. The molecule has 0 spiro atoms. The molecule has 168 valence electrons. The van der Waals surface area contributed by atoms with Gasteiger partial charge in [-0.3, -0.25) is 4.79 Å². The number of ketones is 1. The second-order valence-corrected chi connectivity index (χ2v) is 9.68. The largest absolute Gasteiger partial charge is 0.335 e. The van der Waals surface area contributed by atoms with Crippen LogP contribution in [0.5, 0.6) is 0 Å². The summed E-state index contributed by atoms with van der Waals surface area (Å²) in [7, 11) is 0. The molecule has 0 saturated heterocycles. The van der Waals surface area contributed by atoms with Crippen molar-refractivity contribution in [3.63, 3.8) is 0 Å². The van der Waals surface area contributed by atoms with Crippen molar-refractivity contribution in [3.8, 4) is 0 Å². The lowest BCUT2D eigenvalue weighted by Gasteiger charge is -2.20. The van der Waals surface area contributed by atoms with Gasteiger partial charge < -0.3 is 4.90 Å². The number of hydrogen-bond acceptors (Lipinski definition) is 3. The van der Waals surface area contributed by atoms with Crippen molar-refractivity contribution >= 4 is 23.2 Å². The van der Waals surface area contributed by atoms with Crippen LogP contribution in [0.25, 0.3) is 0 Å². The van der Waals surface area contributed by atoms with Crippen LogP contribution < -0.4 is 4.90 Å². The van der Waals surface area contributed by atoms with E-state index < -0.39 is 0 Å². The van der Waals surface area contributed by atoms with Crippen molar-refractivity contribution < 1.29 is 4.79 Å². The van der Waals surface area contributed by atoms with Gasteiger partial charge in [-0.25, -0.2) is 0 Å². The fourth-order valence-electron chi connectivity index (χ4n) is 4.10. The molecule has 1 aromatic rings. The number of benzene rings is 1. The third-order valence-electron chi connectivity index (χ3n) is 6.00. The van der Waals surface area contributed by atoms with Gasteiger partial charge in [0.25, 0.3) is 0 Å². The lowest BCUT2D eigenvalue weighted by atomic mass is 10.0. The molecule has 0 amide bonds. The molecule has 1 heterocycles. The summed E-state index contributed by atoms with van der Waals surface area (Å²) in [5.74, 6) is 0.219. The highest BCUT2D eigenvalue weighted by Crippen LogP contribution is 2.45. The normalized spacial score (nSPS) is 14.5. The minimum atomic E-state index is 0.219. The topological polar surface area (TPSA) is 20.3 Å². The van der Waals surface area contributed by atoms with E-state index in [0.29, 0.717) is 6.42 Å². The minimum Gasteiger partial charge on any atom is -0.335 e. The molecule has 1 aliphatic heterocycles. The molecule has 30 heavy (non-hydrogen) atoms. The average Bonchev–Trinajstić information content (AvgIpc) is 3.10. The van der Waals surface area contributed by atoms with Gasteiger partial charge in [-0.05, 0) is 18.6 Å². The van der Waals surface area contributed by atoms with Gasteiger partial charge in [-0.15, -0.1) is 0 Å². The summed E-state index contributed by atoms with van der Waals surface area (Å²) in [6.07, 6.45) is 21.8. The zero-order valence-electron chi connectivity index (χ0n) is 19.5. The van der Waals surface area contributed by atoms with Gasteiger partial charge in [0.15, 0.2) is 5.78 Å². The van der Waals surface area contributed by atoms with Crippen LogP contribution in [0, 0.1) is 0 Å². The van der Waals surface area contributed by atoms with Gasteiger partial charge in [0.05, 0.1) is 10.7 Å². The summed E-state index contributed by atoms with van der Waals surface area (Å²) in [5, 5.41) is 1.11. The van der Waals surface area contributed by atoms with Crippen LogP contribution in [0.2, 0.25) is 0 Å². The Bertz CT molecular complexity index is 640. The van der Waals surface area contributed by atoms with E-state index in [-0.39, 0.29) is 5.78 Å². The highest BCUT2D eigenvalue weighted by molar-refractivity contribution is 8.03. The van der Waals surface area contributed by atoms with E-state index in [2.05, 4.69) is 36.1 Å². The summed E-state index contributed by atoms with van der Waals surface area (Å²) >= 11 is 1.74. The molecular weight excluding hydrogens is 386 g/mol. The van der Waals surface area contributed by atoms with Crippen molar-refractivity contribution in [2.45, 2.75) is 115 Å². The number of carbonyl (C=O) groups excluding carboxylic acids is 1. The summed E-state index contributed by atoms with van der Waals surface area (Å²) in [6, 6.07) is 8.53. The van der Waals surface area contributed by atoms with Gasteiger partial charge >= 0.3 is 0 Å². The monoisotopic (exact) mass is 429 g/mol. The number of nitrogens with zero attached hydrogens (tertiary/aromatic N) is 1. The van der Waals surface area contributed by atoms with Crippen molar-refractivity contribution in [2.24, 2.45) is 0 Å². The first kappa shape index (κ1) is 25.0. The third-order valence-corrected chi connectivity index (χ3v) is 7.12. The van der Waals surface area contributed by atoms with Crippen LogP contribution in [0.3, 0.4) is 0 Å². The summed E-state index contributed by atoms with van der Waals surface area (Å²) < 4.78 is 0. The lowest BCUT2D eigenvalue weighted by molar-refractivity contribution is -0.114. The molecule has 0 atom stereocenters. The van der Waals surface area contributed by atoms with E-state index in [4.69, 9.17) is 0 Å². The standard InChI is InChI=1S/C27H43NOS/c1-3-5-6-7-8-9-10-11-12-13-14-15-16-19-22-28-25-20-17-18-21-26(25)30-27(28)23-24(29)4-2/h17-18,20-21,23H,3-16,19,22H2,1-2H3/b27-23-. The molecule has 3 heteroatoms. The molecule has 0 radical (unpaired) electrons. The predicted octanol–water partition coefficient (Wildman–Crippen LogP) is 8.90. The summed E-state index contributed by atoms with van der Waals surface area (Å²) in [5.41, 5.74) is 1.27. The van der Waals surface area contributed by atoms with Crippen LogP contribution >= 0.6 is 11.8 Å². The Balaban J connectivity index is 1.55. The molecule has 0 saturated carbocycles. The molecule has 0 unspecified atom stereocenters. The second kappa shape index (κ2) is 15.6. The van der Waals surface area contributed by atoms with Crippen LogP contribution in [-0.4, -0.2) is 12.3 Å². The molecule has 2 rings (SSSR count). The Morgan fingerprint density at radius 2 is 1.33 bits per heavy atom. The molecule has 2 nitrogen and oxygen atoms in total. The smallest absolute Gasteiger partial charge is 0.158 e. The number of allylic oxidation sites excluding steroid dienone is 1. The molecule has 0 fully saturated rings.